The van der Waals surface area contributed by atoms with Gasteiger partial charge in [0.25, 0.3) is 0 Å². The average Bonchev–Trinajstić information content (AvgIpc) is 2.51. The number of hydrogen-bond donors (Lipinski definition) is 1. The van der Waals surface area contributed by atoms with Crippen LogP contribution in [0, 0.1) is 0 Å². The molecule has 2 rings (SSSR count). The van der Waals surface area contributed by atoms with Crippen LogP contribution in [0.15, 0.2) is 12.3 Å². The minimum atomic E-state index is -0.963. The van der Waals surface area contributed by atoms with E-state index in [1.54, 1.807) is 10.7 Å². The number of pyridine rings is 1. The molecule has 15 heavy (non-hydrogen) atoms. The normalized spacial score (nSPS) is 10.8. The Kier molecular flexibility index (Phi) is 2.15. The second-order valence-corrected chi connectivity index (χ2v) is 3.32. The van der Waals surface area contributed by atoms with Crippen molar-refractivity contribution in [3.63, 3.8) is 0 Å². The minimum absolute atomic E-state index is 0.199. The molecular formula is C10H11N3O2. The zero-order chi connectivity index (χ0) is 11.0. The molecule has 0 aliphatic rings. The largest absolute Gasteiger partial charge is 0.478 e. The summed E-state index contributed by atoms with van der Waals surface area (Å²) < 4.78 is 1.74. The van der Waals surface area contributed by atoms with E-state index in [1.807, 2.05) is 14.0 Å². The molecule has 0 aliphatic carbocycles. The Balaban J connectivity index is 2.73. The highest BCUT2D eigenvalue weighted by molar-refractivity contribution is 5.92. The molecule has 0 unspecified atom stereocenters. The number of carboxylic acid groups (broad SMARTS) is 1. The van der Waals surface area contributed by atoms with Crippen LogP contribution in [-0.4, -0.2) is 25.8 Å². The summed E-state index contributed by atoms with van der Waals surface area (Å²) in [6.07, 6.45) is 2.13. The molecule has 0 bridgehead atoms. The lowest BCUT2D eigenvalue weighted by atomic mass is 10.2. The fourth-order valence-corrected chi connectivity index (χ4v) is 1.66. The molecule has 0 aliphatic heterocycles. The van der Waals surface area contributed by atoms with Gasteiger partial charge in [0.1, 0.15) is 0 Å². The van der Waals surface area contributed by atoms with Crippen molar-refractivity contribution in [1.29, 1.82) is 0 Å². The highest BCUT2D eigenvalue weighted by atomic mass is 16.4. The quantitative estimate of drug-likeness (QED) is 0.800. The zero-order valence-corrected chi connectivity index (χ0v) is 8.56. The summed E-state index contributed by atoms with van der Waals surface area (Å²) in [7, 11) is 1.83. The SMILES string of the molecule is CCc1c2cc(C(=O)O)cnc2nn1C. The molecule has 5 heteroatoms. The van der Waals surface area contributed by atoms with Crippen molar-refractivity contribution in [2.75, 3.05) is 0 Å². The summed E-state index contributed by atoms with van der Waals surface area (Å²) in [6, 6.07) is 1.62. The van der Waals surface area contributed by atoms with Crippen molar-refractivity contribution in [3.05, 3.63) is 23.5 Å². The Bertz CT molecular complexity index is 531. The van der Waals surface area contributed by atoms with Crippen LogP contribution in [0.3, 0.4) is 0 Å². The maximum Gasteiger partial charge on any atom is 0.337 e. The van der Waals surface area contributed by atoms with Crippen LogP contribution in [0.5, 0.6) is 0 Å². The Morgan fingerprint density at radius 2 is 2.33 bits per heavy atom. The minimum Gasteiger partial charge on any atom is -0.478 e. The Morgan fingerprint density at radius 1 is 1.60 bits per heavy atom. The molecule has 2 heterocycles. The Labute approximate surface area is 86.4 Å². The van der Waals surface area contributed by atoms with E-state index >= 15 is 0 Å². The molecule has 0 radical (unpaired) electrons. The van der Waals surface area contributed by atoms with Gasteiger partial charge in [0.15, 0.2) is 5.65 Å². The number of carboxylic acids is 1. The van der Waals surface area contributed by atoms with E-state index in [-0.39, 0.29) is 5.56 Å². The number of fused-ring (bicyclic) bond motifs is 1. The number of nitrogens with zero attached hydrogens (tertiary/aromatic N) is 3. The first-order valence-electron chi connectivity index (χ1n) is 4.68. The number of aromatic carboxylic acids is 1. The second kappa shape index (κ2) is 3.34. The molecule has 5 nitrogen and oxygen atoms in total. The van der Waals surface area contributed by atoms with Crippen molar-refractivity contribution in [3.8, 4) is 0 Å². The maximum absolute atomic E-state index is 10.8. The van der Waals surface area contributed by atoms with Gasteiger partial charge in [-0.3, -0.25) is 4.68 Å². The number of aryl methyl sites for hydroxylation is 2. The van der Waals surface area contributed by atoms with Gasteiger partial charge in [-0.25, -0.2) is 9.78 Å². The number of aromatic nitrogens is 3. The van der Waals surface area contributed by atoms with Crippen LogP contribution < -0.4 is 0 Å². The zero-order valence-electron chi connectivity index (χ0n) is 8.56. The van der Waals surface area contributed by atoms with Gasteiger partial charge in [0, 0.05) is 24.3 Å². The van der Waals surface area contributed by atoms with Crippen molar-refractivity contribution in [1.82, 2.24) is 14.8 Å². The van der Waals surface area contributed by atoms with Crippen molar-refractivity contribution >= 4 is 17.0 Å². The summed E-state index contributed by atoms with van der Waals surface area (Å²) in [5, 5.41) is 13.9. The monoisotopic (exact) mass is 205 g/mol. The molecule has 1 N–H and O–H groups in total. The number of rotatable bonds is 2. The van der Waals surface area contributed by atoms with E-state index in [9.17, 15) is 4.79 Å². The van der Waals surface area contributed by atoms with Gasteiger partial charge in [-0.1, -0.05) is 6.92 Å². The number of carbonyl (C=O) groups is 1. The highest BCUT2D eigenvalue weighted by Gasteiger charge is 2.11. The molecule has 0 saturated carbocycles. The lowest BCUT2D eigenvalue weighted by Gasteiger charge is -1.97. The summed E-state index contributed by atoms with van der Waals surface area (Å²) in [5.41, 5.74) is 1.80. The molecule has 0 fully saturated rings. The second-order valence-electron chi connectivity index (χ2n) is 3.32. The van der Waals surface area contributed by atoms with Gasteiger partial charge in [-0.15, -0.1) is 0 Å². The van der Waals surface area contributed by atoms with Crippen molar-refractivity contribution < 1.29 is 9.90 Å². The van der Waals surface area contributed by atoms with E-state index < -0.39 is 5.97 Å². The van der Waals surface area contributed by atoms with E-state index in [4.69, 9.17) is 5.11 Å². The lowest BCUT2D eigenvalue weighted by molar-refractivity contribution is 0.0696. The highest BCUT2D eigenvalue weighted by Crippen LogP contribution is 2.17. The molecule has 0 spiro atoms. The predicted octanol–water partition coefficient (Wildman–Crippen LogP) is 1.23. The summed E-state index contributed by atoms with van der Waals surface area (Å²) >= 11 is 0. The predicted molar refractivity (Wildman–Crippen MR) is 54.8 cm³/mol. The van der Waals surface area contributed by atoms with Gasteiger partial charge in [-0.05, 0) is 12.5 Å². The van der Waals surface area contributed by atoms with E-state index in [1.165, 1.54) is 6.20 Å². The van der Waals surface area contributed by atoms with Crippen LogP contribution in [-0.2, 0) is 13.5 Å². The fourth-order valence-electron chi connectivity index (χ4n) is 1.66. The fraction of sp³-hybridized carbons (Fsp3) is 0.300. The van der Waals surface area contributed by atoms with Gasteiger partial charge < -0.3 is 5.11 Å². The third-order valence-corrected chi connectivity index (χ3v) is 2.39. The van der Waals surface area contributed by atoms with Crippen molar-refractivity contribution in [2.45, 2.75) is 13.3 Å². The van der Waals surface area contributed by atoms with Gasteiger partial charge in [-0.2, -0.15) is 5.10 Å². The van der Waals surface area contributed by atoms with Crippen LogP contribution >= 0.6 is 0 Å². The lowest BCUT2D eigenvalue weighted by Crippen LogP contribution is -1.97. The first-order chi connectivity index (χ1) is 7.13. The van der Waals surface area contributed by atoms with Gasteiger partial charge >= 0.3 is 5.97 Å². The van der Waals surface area contributed by atoms with Crippen LogP contribution in [0.4, 0.5) is 0 Å². The van der Waals surface area contributed by atoms with E-state index in [0.29, 0.717) is 5.65 Å². The third kappa shape index (κ3) is 1.45. The summed E-state index contributed by atoms with van der Waals surface area (Å²) in [6.45, 7) is 2.00. The molecule has 2 aromatic rings. The van der Waals surface area contributed by atoms with E-state index in [2.05, 4.69) is 10.1 Å². The van der Waals surface area contributed by atoms with Crippen LogP contribution in [0.1, 0.15) is 23.0 Å². The van der Waals surface area contributed by atoms with E-state index in [0.717, 1.165) is 17.5 Å². The molecule has 0 amide bonds. The first kappa shape index (κ1) is 9.64. The Hall–Kier alpha value is -1.91. The third-order valence-electron chi connectivity index (χ3n) is 2.39. The van der Waals surface area contributed by atoms with Crippen LogP contribution in [0.25, 0.3) is 11.0 Å². The van der Waals surface area contributed by atoms with Crippen molar-refractivity contribution in [2.24, 2.45) is 7.05 Å². The van der Waals surface area contributed by atoms with Gasteiger partial charge in [0.05, 0.1) is 5.56 Å². The molecule has 2 aromatic heterocycles. The molecule has 78 valence electrons. The Morgan fingerprint density at radius 3 is 2.93 bits per heavy atom. The topological polar surface area (TPSA) is 68.0 Å². The molecule has 0 atom stereocenters. The standard InChI is InChI=1S/C10H11N3O2/c1-3-8-7-4-6(10(14)15)5-11-9(7)12-13(8)2/h4-5H,3H2,1-2H3,(H,14,15). The molecular weight excluding hydrogens is 194 g/mol. The van der Waals surface area contributed by atoms with Crippen LogP contribution in [0.2, 0.25) is 0 Å². The molecule has 0 saturated heterocycles. The maximum atomic E-state index is 10.8. The number of hydrogen-bond acceptors (Lipinski definition) is 3. The average molecular weight is 205 g/mol. The smallest absolute Gasteiger partial charge is 0.337 e. The summed E-state index contributed by atoms with van der Waals surface area (Å²) in [5.74, 6) is -0.963. The van der Waals surface area contributed by atoms with Gasteiger partial charge in [0.2, 0.25) is 0 Å². The first-order valence-corrected chi connectivity index (χ1v) is 4.68. The molecule has 0 aromatic carbocycles. The summed E-state index contributed by atoms with van der Waals surface area (Å²) in [4.78, 5) is 14.8.